The van der Waals surface area contributed by atoms with Crippen LogP contribution in [0.15, 0.2) is 27.6 Å². The molecule has 0 unspecified atom stereocenters. The van der Waals surface area contributed by atoms with Crippen molar-refractivity contribution in [3.63, 3.8) is 0 Å². The van der Waals surface area contributed by atoms with Crippen molar-refractivity contribution >= 4 is 26.0 Å². The molecule has 1 saturated carbocycles. The first-order chi connectivity index (χ1) is 8.80. The van der Waals surface area contributed by atoms with Crippen LogP contribution in [0, 0.1) is 11.7 Å². The van der Waals surface area contributed by atoms with Crippen LogP contribution in [0.2, 0.25) is 0 Å². The minimum atomic E-state index is -3.68. The van der Waals surface area contributed by atoms with E-state index in [1.807, 2.05) is 0 Å². The molecule has 0 bridgehead atoms. The average Bonchev–Trinajstić information content (AvgIpc) is 2.30. The quantitative estimate of drug-likeness (QED) is 0.902. The van der Waals surface area contributed by atoms with Crippen molar-refractivity contribution < 1.29 is 17.9 Å². The Kier molecular flexibility index (Phi) is 4.29. The molecule has 0 aromatic heterocycles. The van der Waals surface area contributed by atoms with Crippen LogP contribution in [0.4, 0.5) is 4.39 Å². The highest BCUT2D eigenvalue weighted by atomic mass is 79.9. The summed E-state index contributed by atoms with van der Waals surface area (Å²) in [5.41, 5.74) is 0. The van der Waals surface area contributed by atoms with Gasteiger partial charge in [0.2, 0.25) is 10.0 Å². The van der Waals surface area contributed by atoms with Crippen molar-refractivity contribution in [3.8, 4) is 0 Å². The van der Waals surface area contributed by atoms with Crippen LogP contribution >= 0.6 is 15.9 Å². The zero-order valence-electron chi connectivity index (χ0n) is 10.4. The van der Waals surface area contributed by atoms with Crippen LogP contribution in [-0.4, -0.2) is 37.5 Å². The number of aliphatic hydroxyl groups excluding tert-OH is 1. The smallest absolute Gasteiger partial charge is 0.242 e. The van der Waals surface area contributed by atoms with Gasteiger partial charge in [-0.05, 0) is 52.9 Å². The molecular formula is C12H15BrFNO3S. The number of hydrogen-bond donors (Lipinski definition) is 1. The van der Waals surface area contributed by atoms with Crippen LogP contribution in [0.3, 0.4) is 0 Å². The second-order valence-electron chi connectivity index (χ2n) is 4.85. The largest absolute Gasteiger partial charge is 0.393 e. The second-order valence-corrected chi connectivity index (χ2v) is 7.75. The van der Waals surface area contributed by atoms with Crippen molar-refractivity contribution in [1.29, 1.82) is 0 Å². The molecule has 0 spiro atoms. The maximum Gasteiger partial charge on any atom is 0.242 e. The molecule has 0 saturated heterocycles. The summed E-state index contributed by atoms with van der Waals surface area (Å²) in [6, 6.07) is 3.75. The van der Waals surface area contributed by atoms with Crippen LogP contribution < -0.4 is 0 Å². The Bertz CT molecular complexity index is 572. The number of rotatable bonds is 4. The Hall–Kier alpha value is -0.500. The van der Waals surface area contributed by atoms with E-state index in [4.69, 9.17) is 0 Å². The molecule has 7 heteroatoms. The Labute approximate surface area is 120 Å². The molecule has 0 heterocycles. The lowest BCUT2D eigenvalue weighted by Crippen LogP contribution is -2.39. The third kappa shape index (κ3) is 3.16. The van der Waals surface area contributed by atoms with Gasteiger partial charge in [-0.2, -0.15) is 0 Å². The monoisotopic (exact) mass is 351 g/mol. The molecule has 0 radical (unpaired) electrons. The second kappa shape index (κ2) is 5.47. The Morgan fingerprint density at radius 1 is 1.47 bits per heavy atom. The molecule has 1 N–H and O–H groups in total. The molecule has 0 atom stereocenters. The molecule has 1 aliphatic carbocycles. The lowest BCUT2D eigenvalue weighted by molar-refractivity contribution is 0.0367. The van der Waals surface area contributed by atoms with Gasteiger partial charge in [0, 0.05) is 13.6 Å². The molecule has 0 amide bonds. The summed E-state index contributed by atoms with van der Waals surface area (Å²) in [5.74, 6) is -0.427. The third-order valence-corrected chi connectivity index (χ3v) is 5.79. The van der Waals surface area contributed by atoms with Gasteiger partial charge in [-0.3, -0.25) is 0 Å². The van der Waals surface area contributed by atoms with Gasteiger partial charge < -0.3 is 5.11 Å². The molecular weight excluding hydrogens is 337 g/mol. The van der Waals surface area contributed by atoms with Gasteiger partial charge in [-0.25, -0.2) is 17.1 Å². The maximum atomic E-state index is 13.4. The van der Waals surface area contributed by atoms with E-state index in [0.29, 0.717) is 19.4 Å². The van der Waals surface area contributed by atoms with Gasteiger partial charge >= 0.3 is 0 Å². The molecule has 2 rings (SSSR count). The normalized spacial score (nSPS) is 23.4. The number of nitrogens with zero attached hydrogens (tertiary/aromatic N) is 1. The molecule has 1 aromatic carbocycles. The van der Waals surface area contributed by atoms with Crippen molar-refractivity contribution in [2.24, 2.45) is 5.92 Å². The fourth-order valence-corrected chi connectivity index (χ4v) is 3.63. The fourth-order valence-electron chi connectivity index (χ4n) is 2.13. The number of aliphatic hydroxyl groups is 1. The Balaban J connectivity index is 2.14. The van der Waals surface area contributed by atoms with E-state index in [1.54, 1.807) is 0 Å². The highest BCUT2D eigenvalue weighted by Crippen LogP contribution is 2.29. The topological polar surface area (TPSA) is 57.6 Å². The van der Waals surface area contributed by atoms with Crippen molar-refractivity contribution in [3.05, 3.63) is 28.5 Å². The first-order valence-electron chi connectivity index (χ1n) is 5.90. The van der Waals surface area contributed by atoms with Crippen molar-refractivity contribution in [1.82, 2.24) is 4.31 Å². The third-order valence-electron chi connectivity index (χ3n) is 3.33. The van der Waals surface area contributed by atoms with Crippen LogP contribution in [0.25, 0.3) is 0 Å². The predicted molar refractivity (Wildman–Crippen MR) is 72.6 cm³/mol. The summed E-state index contributed by atoms with van der Waals surface area (Å²) in [4.78, 5) is -0.0597. The van der Waals surface area contributed by atoms with Gasteiger partial charge in [-0.1, -0.05) is 0 Å². The van der Waals surface area contributed by atoms with Crippen molar-refractivity contribution in [2.45, 2.75) is 23.8 Å². The molecule has 4 nitrogen and oxygen atoms in total. The molecule has 1 aromatic rings. The maximum absolute atomic E-state index is 13.4. The standard InChI is InChI=1S/C12H15BrFNO3S/c1-15(7-8-4-9(16)5-8)19(17,18)10-2-3-11(13)12(14)6-10/h2-3,6,8-9,16H,4-5,7H2,1H3. The number of benzene rings is 1. The highest BCUT2D eigenvalue weighted by molar-refractivity contribution is 9.10. The van der Waals surface area contributed by atoms with Gasteiger partial charge in [0.25, 0.3) is 0 Å². The summed E-state index contributed by atoms with van der Waals surface area (Å²) in [5, 5.41) is 9.20. The van der Waals surface area contributed by atoms with E-state index in [9.17, 15) is 17.9 Å². The zero-order chi connectivity index (χ0) is 14.2. The average molecular weight is 352 g/mol. The molecule has 0 aliphatic heterocycles. The Morgan fingerprint density at radius 3 is 2.63 bits per heavy atom. The van der Waals surface area contributed by atoms with E-state index in [0.717, 1.165) is 6.07 Å². The minimum Gasteiger partial charge on any atom is -0.393 e. The van der Waals surface area contributed by atoms with E-state index < -0.39 is 15.8 Å². The SMILES string of the molecule is CN(CC1CC(O)C1)S(=O)(=O)c1ccc(Br)c(F)c1. The van der Waals surface area contributed by atoms with Crippen molar-refractivity contribution in [2.75, 3.05) is 13.6 Å². The molecule has 106 valence electrons. The summed E-state index contributed by atoms with van der Waals surface area (Å²) < 4.78 is 39.3. The lowest BCUT2D eigenvalue weighted by atomic mass is 9.82. The number of hydrogen-bond acceptors (Lipinski definition) is 3. The van der Waals surface area contributed by atoms with Crippen LogP contribution in [-0.2, 0) is 10.0 Å². The molecule has 1 aliphatic rings. The van der Waals surface area contributed by atoms with Gasteiger partial charge in [-0.15, -0.1) is 0 Å². The summed E-state index contributed by atoms with van der Waals surface area (Å²) in [7, 11) is -2.20. The van der Waals surface area contributed by atoms with E-state index in [-0.39, 0.29) is 21.4 Å². The van der Waals surface area contributed by atoms with Gasteiger partial charge in [0.15, 0.2) is 0 Å². The lowest BCUT2D eigenvalue weighted by Gasteiger charge is -2.34. The number of halogens is 2. The fraction of sp³-hybridized carbons (Fsp3) is 0.500. The minimum absolute atomic E-state index is 0.0597. The van der Waals surface area contributed by atoms with Gasteiger partial charge in [0.05, 0.1) is 15.5 Å². The summed E-state index contributed by atoms with van der Waals surface area (Å²) in [6.45, 7) is 0.344. The first kappa shape index (κ1) is 14.9. The Morgan fingerprint density at radius 2 is 2.11 bits per heavy atom. The highest BCUT2D eigenvalue weighted by Gasteiger charge is 2.31. The molecule has 1 fully saturated rings. The van der Waals surface area contributed by atoms with Gasteiger partial charge in [0.1, 0.15) is 5.82 Å². The predicted octanol–water partition coefficient (Wildman–Crippen LogP) is 1.98. The summed E-state index contributed by atoms with van der Waals surface area (Å²) in [6.07, 6.45) is 0.926. The van der Waals surface area contributed by atoms with E-state index in [1.165, 1.54) is 23.5 Å². The summed E-state index contributed by atoms with van der Waals surface area (Å²) >= 11 is 2.99. The first-order valence-corrected chi connectivity index (χ1v) is 8.13. The molecule has 19 heavy (non-hydrogen) atoms. The van der Waals surface area contributed by atoms with Crippen LogP contribution in [0.5, 0.6) is 0 Å². The number of sulfonamides is 1. The van der Waals surface area contributed by atoms with Crippen LogP contribution in [0.1, 0.15) is 12.8 Å². The van der Waals surface area contributed by atoms with E-state index in [2.05, 4.69) is 15.9 Å². The van der Waals surface area contributed by atoms with E-state index >= 15 is 0 Å². The zero-order valence-corrected chi connectivity index (χ0v) is 12.8.